The molecule has 2 aromatic rings. The van der Waals surface area contributed by atoms with Gasteiger partial charge in [-0.15, -0.1) is 0 Å². The molecule has 1 heterocycles. The maximum atomic E-state index is 13.6. The molecular weight excluding hydrogens is 245 g/mol. The summed E-state index contributed by atoms with van der Waals surface area (Å²) in [5, 5.41) is 1.04. The first-order valence-corrected chi connectivity index (χ1v) is 5.51. The summed E-state index contributed by atoms with van der Waals surface area (Å²) in [5.41, 5.74) is 1.90. The largest absolute Gasteiger partial charge is 0.358 e. The molecule has 3 rings (SSSR count). The van der Waals surface area contributed by atoms with Gasteiger partial charge >= 0.3 is 0 Å². The van der Waals surface area contributed by atoms with Gasteiger partial charge in [-0.3, -0.25) is 0 Å². The van der Waals surface area contributed by atoms with Gasteiger partial charge in [-0.2, -0.15) is 0 Å². The summed E-state index contributed by atoms with van der Waals surface area (Å²) in [4.78, 5) is 3.01. The number of aromatic amines is 1. The SMILES string of the molecule is Fc1c(Br)ccc2c(C3CC3)c[nH]c12. The third-order valence-corrected chi connectivity index (χ3v) is 3.41. The van der Waals surface area contributed by atoms with E-state index in [1.807, 2.05) is 12.3 Å². The van der Waals surface area contributed by atoms with Crippen molar-refractivity contribution in [1.29, 1.82) is 0 Å². The maximum Gasteiger partial charge on any atom is 0.161 e. The molecule has 14 heavy (non-hydrogen) atoms. The Kier molecular flexibility index (Phi) is 1.71. The monoisotopic (exact) mass is 253 g/mol. The van der Waals surface area contributed by atoms with Crippen LogP contribution >= 0.6 is 15.9 Å². The van der Waals surface area contributed by atoms with Crippen molar-refractivity contribution in [3.05, 3.63) is 34.2 Å². The van der Waals surface area contributed by atoms with E-state index in [4.69, 9.17) is 0 Å². The second kappa shape index (κ2) is 2.83. The van der Waals surface area contributed by atoms with E-state index in [1.54, 1.807) is 6.07 Å². The first-order chi connectivity index (χ1) is 6.77. The summed E-state index contributed by atoms with van der Waals surface area (Å²) in [6.45, 7) is 0. The van der Waals surface area contributed by atoms with Gasteiger partial charge in [0.1, 0.15) is 0 Å². The zero-order valence-corrected chi connectivity index (χ0v) is 9.07. The van der Waals surface area contributed by atoms with E-state index in [2.05, 4.69) is 20.9 Å². The van der Waals surface area contributed by atoms with Gasteiger partial charge in [0.05, 0.1) is 9.99 Å². The fraction of sp³-hybridized carbons (Fsp3) is 0.273. The Balaban J connectivity index is 2.31. The fourth-order valence-corrected chi connectivity index (χ4v) is 2.22. The minimum absolute atomic E-state index is 0.186. The van der Waals surface area contributed by atoms with Crippen LogP contribution in [0.15, 0.2) is 22.8 Å². The van der Waals surface area contributed by atoms with Crippen LogP contribution in [0.1, 0.15) is 24.3 Å². The number of H-pyrrole nitrogens is 1. The standard InChI is InChI=1S/C11H9BrFN/c12-9-4-3-7-8(6-1-2-6)5-14-11(7)10(9)13/h3-6,14H,1-2H2. The average molecular weight is 254 g/mol. The predicted octanol–water partition coefficient (Wildman–Crippen LogP) is 3.95. The molecule has 1 N–H and O–H groups in total. The lowest BCUT2D eigenvalue weighted by Crippen LogP contribution is -1.80. The molecule has 1 nitrogen and oxygen atoms in total. The Morgan fingerprint density at radius 1 is 1.36 bits per heavy atom. The predicted molar refractivity (Wildman–Crippen MR) is 57.9 cm³/mol. The highest BCUT2D eigenvalue weighted by atomic mass is 79.9. The van der Waals surface area contributed by atoms with Gasteiger partial charge in [0.25, 0.3) is 0 Å². The lowest BCUT2D eigenvalue weighted by atomic mass is 10.1. The summed E-state index contributed by atoms with van der Waals surface area (Å²) in [5.74, 6) is 0.471. The van der Waals surface area contributed by atoms with E-state index in [1.165, 1.54) is 18.4 Å². The zero-order valence-electron chi connectivity index (χ0n) is 7.48. The van der Waals surface area contributed by atoms with Gasteiger partial charge in [-0.1, -0.05) is 6.07 Å². The van der Waals surface area contributed by atoms with Crippen molar-refractivity contribution >= 4 is 26.8 Å². The van der Waals surface area contributed by atoms with Crippen molar-refractivity contribution in [3.63, 3.8) is 0 Å². The van der Waals surface area contributed by atoms with Crippen LogP contribution in [0.4, 0.5) is 4.39 Å². The van der Waals surface area contributed by atoms with E-state index >= 15 is 0 Å². The van der Waals surface area contributed by atoms with Crippen molar-refractivity contribution in [2.45, 2.75) is 18.8 Å². The second-order valence-electron chi connectivity index (χ2n) is 3.80. The molecule has 0 spiro atoms. The molecule has 0 aliphatic heterocycles. The molecule has 72 valence electrons. The van der Waals surface area contributed by atoms with E-state index in [-0.39, 0.29) is 5.82 Å². The van der Waals surface area contributed by atoms with E-state index in [0.29, 0.717) is 15.9 Å². The maximum absolute atomic E-state index is 13.6. The molecule has 0 amide bonds. The molecule has 1 fully saturated rings. The van der Waals surface area contributed by atoms with Gasteiger partial charge in [0, 0.05) is 11.6 Å². The Labute approximate surface area is 89.4 Å². The van der Waals surface area contributed by atoms with E-state index in [9.17, 15) is 4.39 Å². The molecule has 1 saturated carbocycles. The van der Waals surface area contributed by atoms with Crippen LogP contribution in [-0.4, -0.2) is 4.98 Å². The second-order valence-corrected chi connectivity index (χ2v) is 4.66. The average Bonchev–Trinajstić information content (AvgIpc) is 2.93. The fourth-order valence-electron chi connectivity index (χ4n) is 1.89. The van der Waals surface area contributed by atoms with Gasteiger partial charge in [-0.25, -0.2) is 4.39 Å². The van der Waals surface area contributed by atoms with Gasteiger partial charge in [-0.05, 0) is 46.3 Å². The number of nitrogens with one attached hydrogen (secondary N) is 1. The molecule has 0 unspecified atom stereocenters. The Bertz CT molecular complexity index is 499. The first-order valence-electron chi connectivity index (χ1n) is 4.72. The number of fused-ring (bicyclic) bond motifs is 1. The van der Waals surface area contributed by atoms with Crippen LogP contribution in [0.5, 0.6) is 0 Å². The summed E-state index contributed by atoms with van der Waals surface area (Å²) in [7, 11) is 0. The van der Waals surface area contributed by atoms with Crippen molar-refractivity contribution in [1.82, 2.24) is 4.98 Å². The van der Waals surface area contributed by atoms with Crippen molar-refractivity contribution in [2.75, 3.05) is 0 Å². The highest BCUT2D eigenvalue weighted by molar-refractivity contribution is 9.10. The topological polar surface area (TPSA) is 15.8 Å². The van der Waals surface area contributed by atoms with Crippen LogP contribution in [0.3, 0.4) is 0 Å². The summed E-state index contributed by atoms with van der Waals surface area (Å²) < 4.78 is 14.1. The molecule has 1 aromatic heterocycles. The van der Waals surface area contributed by atoms with E-state index in [0.717, 1.165) is 5.39 Å². The van der Waals surface area contributed by atoms with Gasteiger partial charge < -0.3 is 4.98 Å². The summed E-state index contributed by atoms with van der Waals surface area (Å²) in [6.07, 6.45) is 4.42. The third kappa shape index (κ3) is 1.12. The van der Waals surface area contributed by atoms with Crippen LogP contribution in [0.25, 0.3) is 10.9 Å². The summed E-state index contributed by atoms with van der Waals surface area (Å²) in [6, 6.07) is 3.75. The molecule has 0 saturated heterocycles. The molecule has 1 aliphatic carbocycles. The third-order valence-electron chi connectivity index (χ3n) is 2.80. The van der Waals surface area contributed by atoms with Crippen LogP contribution < -0.4 is 0 Å². The number of benzene rings is 1. The quantitative estimate of drug-likeness (QED) is 0.793. The molecule has 0 atom stereocenters. The number of hydrogen-bond acceptors (Lipinski definition) is 0. The number of rotatable bonds is 1. The molecule has 3 heteroatoms. The Morgan fingerprint density at radius 2 is 2.14 bits per heavy atom. The van der Waals surface area contributed by atoms with Gasteiger partial charge in [0.2, 0.25) is 0 Å². The van der Waals surface area contributed by atoms with E-state index < -0.39 is 0 Å². The minimum Gasteiger partial charge on any atom is -0.358 e. The zero-order chi connectivity index (χ0) is 9.71. The van der Waals surface area contributed by atoms with Gasteiger partial charge in [0.15, 0.2) is 5.82 Å². The van der Waals surface area contributed by atoms with Crippen LogP contribution in [0, 0.1) is 5.82 Å². The van der Waals surface area contributed by atoms with Crippen molar-refractivity contribution < 1.29 is 4.39 Å². The number of hydrogen-bond donors (Lipinski definition) is 1. The van der Waals surface area contributed by atoms with Crippen molar-refractivity contribution in [3.8, 4) is 0 Å². The number of aromatic nitrogens is 1. The minimum atomic E-state index is -0.186. The highest BCUT2D eigenvalue weighted by Gasteiger charge is 2.26. The Hall–Kier alpha value is -0.830. The first kappa shape index (κ1) is 8.48. The molecular formula is C11H9BrFN. The number of halogens is 2. The molecule has 1 aromatic carbocycles. The highest BCUT2D eigenvalue weighted by Crippen LogP contribution is 2.43. The van der Waals surface area contributed by atoms with Crippen LogP contribution in [0.2, 0.25) is 0 Å². The molecule has 1 aliphatic rings. The lowest BCUT2D eigenvalue weighted by molar-refractivity contribution is 0.631. The summed E-state index contributed by atoms with van der Waals surface area (Å²) >= 11 is 3.18. The smallest absolute Gasteiger partial charge is 0.161 e. The molecule has 0 radical (unpaired) electrons. The van der Waals surface area contributed by atoms with Crippen LogP contribution in [-0.2, 0) is 0 Å². The Morgan fingerprint density at radius 3 is 2.86 bits per heavy atom. The molecule has 0 bridgehead atoms. The lowest BCUT2D eigenvalue weighted by Gasteiger charge is -1.97. The normalized spacial score (nSPS) is 16.4. The van der Waals surface area contributed by atoms with Crippen molar-refractivity contribution in [2.24, 2.45) is 0 Å².